The van der Waals surface area contributed by atoms with Gasteiger partial charge >= 0.3 is 11.7 Å². The number of ether oxygens (including phenoxy) is 1. The Labute approximate surface area is 113 Å². The van der Waals surface area contributed by atoms with Gasteiger partial charge in [0.15, 0.2) is 0 Å². The van der Waals surface area contributed by atoms with E-state index in [4.69, 9.17) is 9.84 Å². The molecule has 2 aromatic rings. The molecular weight excluding hydrogens is 264 g/mol. The van der Waals surface area contributed by atoms with E-state index in [2.05, 4.69) is 4.98 Å². The van der Waals surface area contributed by atoms with Gasteiger partial charge in [0, 0.05) is 6.20 Å². The SMILES string of the molecule is COc1ccc(C)cc1-n1c(=O)[nH]cc(C(=O)O)c1=O. The number of hydrogen-bond donors (Lipinski definition) is 2. The molecule has 1 heterocycles. The summed E-state index contributed by atoms with van der Waals surface area (Å²) < 4.78 is 5.85. The highest BCUT2D eigenvalue weighted by molar-refractivity contribution is 5.86. The number of aryl methyl sites for hydroxylation is 1. The molecule has 0 amide bonds. The molecule has 0 saturated carbocycles. The quantitative estimate of drug-likeness (QED) is 0.852. The fraction of sp³-hybridized carbons (Fsp3) is 0.154. The molecule has 0 aliphatic carbocycles. The van der Waals surface area contributed by atoms with Crippen LogP contribution in [0, 0.1) is 6.92 Å². The van der Waals surface area contributed by atoms with Gasteiger partial charge in [-0.3, -0.25) is 4.79 Å². The highest BCUT2D eigenvalue weighted by Crippen LogP contribution is 2.21. The van der Waals surface area contributed by atoms with Crippen molar-refractivity contribution in [2.24, 2.45) is 0 Å². The number of benzene rings is 1. The van der Waals surface area contributed by atoms with E-state index in [0.29, 0.717) is 5.75 Å². The van der Waals surface area contributed by atoms with Gasteiger partial charge in [-0.25, -0.2) is 14.2 Å². The van der Waals surface area contributed by atoms with Crippen molar-refractivity contribution in [1.82, 2.24) is 9.55 Å². The first-order valence-corrected chi connectivity index (χ1v) is 5.68. The third kappa shape index (κ3) is 2.20. The van der Waals surface area contributed by atoms with E-state index in [1.165, 1.54) is 7.11 Å². The number of methoxy groups -OCH3 is 1. The molecule has 0 atom stereocenters. The average Bonchev–Trinajstić information content (AvgIpc) is 2.38. The van der Waals surface area contributed by atoms with E-state index >= 15 is 0 Å². The number of rotatable bonds is 3. The number of H-pyrrole nitrogens is 1. The number of nitrogens with one attached hydrogen (secondary N) is 1. The van der Waals surface area contributed by atoms with Gasteiger partial charge in [-0.15, -0.1) is 0 Å². The number of carboxylic acids is 1. The fourth-order valence-corrected chi connectivity index (χ4v) is 1.82. The molecule has 0 aliphatic heterocycles. The lowest BCUT2D eigenvalue weighted by molar-refractivity contribution is 0.0694. The lowest BCUT2D eigenvalue weighted by Crippen LogP contribution is -2.37. The molecule has 1 aromatic carbocycles. The lowest BCUT2D eigenvalue weighted by Gasteiger charge is -2.11. The van der Waals surface area contributed by atoms with Crippen molar-refractivity contribution >= 4 is 5.97 Å². The summed E-state index contributed by atoms with van der Waals surface area (Å²) in [7, 11) is 1.40. The molecule has 0 radical (unpaired) electrons. The van der Waals surface area contributed by atoms with Crippen molar-refractivity contribution in [1.29, 1.82) is 0 Å². The molecule has 0 unspecified atom stereocenters. The summed E-state index contributed by atoms with van der Waals surface area (Å²) in [5.41, 5.74) is -1.17. The van der Waals surface area contributed by atoms with Gasteiger partial charge in [0.25, 0.3) is 5.56 Å². The summed E-state index contributed by atoms with van der Waals surface area (Å²) in [5.74, 6) is -1.11. The smallest absolute Gasteiger partial charge is 0.342 e. The first-order chi connectivity index (χ1) is 9.45. The maximum absolute atomic E-state index is 12.1. The van der Waals surface area contributed by atoms with Crippen molar-refractivity contribution in [3.05, 3.63) is 56.4 Å². The number of aromatic carboxylic acids is 1. The first-order valence-electron chi connectivity index (χ1n) is 5.68. The van der Waals surface area contributed by atoms with Gasteiger partial charge in [-0.1, -0.05) is 6.07 Å². The average molecular weight is 276 g/mol. The third-order valence-corrected chi connectivity index (χ3v) is 2.78. The molecule has 2 rings (SSSR count). The lowest BCUT2D eigenvalue weighted by atomic mass is 10.2. The molecular formula is C13H12N2O5. The molecule has 20 heavy (non-hydrogen) atoms. The molecule has 0 saturated heterocycles. The Hall–Kier alpha value is -2.83. The zero-order valence-electron chi connectivity index (χ0n) is 10.8. The minimum atomic E-state index is -1.41. The summed E-state index contributed by atoms with van der Waals surface area (Å²) in [4.78, 5) is 37.2. The van der Waals surface area contributed by atoms with Crippen molar-refractivity contribution < 1.29 is 14.6 Å². The second-order valence-electron chi connectivity index (χ2n) is 4.13. The van der Waals surface area contributed by atoms with E-state index in [-0.39, 0.29) is 5.69 Å². The van der Waals surface area contributed by atoms with Crippen LogP contribution < -0.4 is 16.0 Å². The van der Waals surface area contributed by atoms with Gasteiger partial charge in [-0.05, 0) is 24.6 Å². The molecule has 0 bridgehead atoms. The standard InChI is InChI=1S/C13H12N2O5/c1-7-3-4-10(20-2)9(5-7)15-11(16)8(12(17)18)6-14-13(15)19/h3-6H,1-2H3,(H,14,19)(H,17,18). The van der Waals surface area contributed by atoms with E-state index < -0.39 is 22.8 Å². The zero-order chi connectivity index (χ0) is 14.9. The summed E-state index contributed by atoms with van der Waals surface area (Å²) in [5, 5.41) is 8.94. The van der Waals surface area contributed by atoms with Crippen LogP contribution in [-0.4, -0.2) is 27.7 Å². The van der Waals surface area contributed by atoms with Crippen molar-refractivity contribution in [3.8, 4) is 11.4 Å². The molecule has 1 aromatic heterocycles. The second kappa shape index (κ2) is 5.04. The van der Waals surface area contributed by atoms with Crippen LogP contribution in [0.5, 0.6) is 5.75 Å². The summed E-state index contributed by atoms with van der Waals surface area (Å²) in [6.07, 6.45) is 0.881. The van der Waals surface area contributed by atoms with Crippen LogP contribution >= 0.6 is 0 Å². The maximum atomic E-state index is 12.1. The first kappa shape index (κ1) is 13.6. The number of aromatic amines is 1. The summed E-state index contributed by atoms with van der Waals surface area (Å²) >= 11 is 0. The fourth-order valence-electron chi connectivity index (χ4n) is 1.82. The molecule has 0 spiro atoms. The Kier molecular flexibility index (Phi) is 3.43. The third-order valence-electron chi connectivity index (χ3n) is 2.78. The monoisotopic (exact) mass is 276 g/mol. The minimum Gasteiger partial charge on any atom is -0.495 e. The van der Waals surface area contributed by atoms with E-state index in [1.54, 1.807) is 25.1 Å². The normalized spacial score (nSPS) is 10.3. The van der Waals surface area contributed by atoms with Gasteiger partial charge in [-0.2, -0.15) is 0 Å². The minimum absolute atomic E-state index is 0.196. The highest BCUT2D eigenvalue weighted by atomic mass is 16.5. The number of hydrogen-bond acceptors (Lipinski definition) is 4. The van der Waals surface area contributed by atoms with Gasteiger partial charge in [0.05, 0.1) is 12.8 Å². The van der Waals surface area contributed by atoms with E-state index in [1.807, 2.05) is 0 Å². The van der Waals surface area contributed by atoms with Crippen molar-refractivity contribution in [2.45, 2.75) is 6.92 Å². The highest BCUT2D eigenvalue weighted by Gasteiger charge is 2.17. The van der Waals surface area contributed by atoms with Crippen LogP contribution in [0.4, 0.5) is 0 Å². The molecule has 2 N–H and O–H groups in total. The van der Waals surface area contributed by atoms with Crippen LogP contribution in [0.1, 0.15) is 15.9 Å². The number of nitrogens with zero attached hydrogens (tertiary/aromatic N) is 1. The molecule has 7 nitrogen and oxygen atoms in total. The Balaban J connectivity index is 2.86. The van der Waals surface area contributed by atoms with E-state index in [0.717, 1.165) is 16.3 Å². The number of carboxylic acid groups (broad SMARTS) is 1. The topological polar surface area (TPSA) is 101 Å². The predicted octanol–water partition coefficient (Wildman–Crippen LogP) is 0.541. The van der Waals surface area contributed by atoms with Crippen molar-refractivity contribution in [2.75, 3.05) is 7.11 Å². The van der Waals surface area contributed by atoms with Crippen LogP contribution in [0.25, 0.3) is 5.69 Å². The Morgan fingerprint density at radius 2 is 2.05 bits per heavy atom. The number of carbonyl (C=O) groups is 1. The summed E-state index contributed by atoms with van der Waals surface area (Å²) in [6.45, 7) is 1.78. The molecule has 0 aliphatic rings. The van der Waals surface area contributed by atoms with Crippen LogP contribution in [0.3, 0.4) is 0 Å². The number of aromatic nitrogens is 2. The molecule has 7 heteroatoms. The van der Waals surface area contributed by atoms with E-state index in [9.17, 15) is 14.4 Å². The Bertz CT molecular complexity index is 788. The molecule has 104 valence electrons. The Morgan fingerprint density at radius 3 is 2.65 bits per heavy atom. The second-order valence-corrected chi connectivity index (χ2v) is 4.13. The predicted molar refractivity (Wildman–Crippen MR) is 70.9 cm³/mol. The van der Waals surface area contributed by atoms with Crippen LogP contribution in [0.2, 0.25) is 0 Å². The molecule has 0 fully saturated rings. The largest absolute Gasteiger partial charge is 0.495 e. The van der Waals surface area contributed by atoms with Gasteiger partial charge < -0.3 is 14.8 Å². The van der Waals surface area contributed by atoms with Crippen LogP contribution in [-0.2, 0) is 0 Å². The van der Waals surface area contributed by atoms with Crippen LogP contribution in [0.15, 0.2) is 34.0 Å². The zero-order valence-corrected chi connectivity index (χ0v) is 10.8. The Morgan fingerprint density at radius 1 is 1.35 bits per heavy atom. The van der Waals surface area contributed by atoms with Gasteiger partial charge in [0.1, 0.15) is 11.3 Å². The van der Waals surface area contributed by atoms with Gasteiger partial charge in [0.2, 0.25) is 0 Å². The maximum Gasteiger partial charge on any atom is 0.342 e. The summed E-state index contributed by atoms with van der Waals surface area (Å²) in [6, 6.07) is 4.92. The van der Waals surface area contributed by atoms with Crippen molar-refractivity contribution in [3.63, 3.8) is 0 Å².